The van der Waals surface area contributed by atoms with Crippen molar-refractivity contribution in [3.05, 3.63) is 23.8 Å². The van der Waals surface area contributed by atoms with Crippen LogP contribution in [0, 0.1) is 11.8 Å². The minimum atomic E-state index is -0.0375. The van der Waals surface area contributed by atoms with Gasteiger partial charge in [0.05, 0.1) is 0 Å². The van der Waals surface area contributed by atoms with Crippen molar-refractivity contribution in [1.82, 2.24) is 4.90 Å². The second-order valence-corrected chi connectivity index (χ2v) is 7.41. The Kier molecular flexibility index (Phi) is 7.94. The van der Waals surface area contributed by atoms with Gasteiger partial charge >= 0.3 is 0 Å². The predicted octanol–water partition coefficient (Wildman–Crippen LogP) is 3.74. The fourth-order valence-corrected chi connectivity index (χ4v) is 2.72. The van der Waals surface area contributed by atoms with E-state index >= 15 is 0 Å². The lowest BCUT2D eigenvalue weighted by Crippen LogP contribution is -2.36. The van der Waals surface area contributed by atoms with E-state index < -0.39 is 0 Å². The van der Waals surface area contributed by atoms with Crippen LogP contribution in [-0.4, -0.2) is 37.4 Å². The predicted molar refractivity (Wildman–Crippen MR) is 105 cm³/mol. The first kappa shape index (κ1) is 21.0. The monoisotopic (exact) mass is 347 g/mol. The third-order valence-corrected chi connectivity index (χ3v) is 3.92. The van der Waals surface area contributed by atoms with Gasteiger partial charge in [0.25, 0.3) is 0 Å². The fourth-order valence-electron chi connectivity index (χ4n) is 2.72. The van der Waals surface area contributed by atoms with Crippen molar-refractivity contribution in [1.29, 1.82) is 0 Å². The first-order chi connectivity index (χ1) is 11.6. The van der Waals surface area contributed by atoms with Crippen LogP contribution in [0.3, 0.4) is 0 Å². The van der Waals surface area contributed by atoms with Gasteiger partial charge in [0.15, 0.2) is 0 Å². The maximum Gasteiger partial charge on any atom is 0.225 e. The van der Waals surface area contributed by atoms with Crippen molar-refractivity contribution in [2.45, 2.75) is 47.6 Å². The molecule has 0 aliphatic carbocycles. The molecule has 140 valence electrons. The lowest BCUT2D eigenvalue weighted by Gasteiger charge is -2.29. The number of carbonyl (C=O) groups excluding carboxylic acids is 2. The number of carbonyl (C=O) groups is 2. The molecule has 0 spiro atoms. The highest BCUT2D eigenvalue weighted by molar-refractivity contribution is 5.91. The second kappa shape index (κ2) is 9.44. The van der Waals surface area contributed by atoms with Crippen LogP contribution in [0.2, 0.25) is 0 Å². The molecule has 0 saturated carbocycles. The summed E-state index contributed by atoms with van der Waals surface area (Å²) < 4.78 is 0. The van der Waals surface area contributed by atoms with Crippen molar-refractivity contribution in [3.8, 4) is 0 Å². The summed E-state index contributed by atoms with van der Waals surface area (Å²) in [5, 5.41) is 2.90. The second-order valence-electron chi connectivity index (χ2n) is 7.41. The molecule has 0 fully saturated rings. The molecule has 1 aromatic carbocycles. The third-order valence-electron chi connectivity index (χ3n) is 3.92. The Labute approximate surface area is 152 Å². The van der Waals surface area contributed by atoms with Gasteiger partial charge in [0.2, 0.25) is 11.8 Å². The van der Waals surface area contributed by atoms with E-state index in [4.69, 9.17) is 0 Å². The maximum atomic E-state index is 12.6. The van der Waals surface area contributed by atoms with E-state index in [0.29, 0.717) is 18.9 Å². The average Bonchev–Trinajstić information content (AvgIpc) is 2.52. The van der Waals surface area contributed by atoms with Gasteiger partial charge in [-0.15, -0.1) is 0 Å². The molecule has 0 aromatic heterocycles. The number of amides is 2. The molecule has 1 rings (SSSR count). The number of nitrogens with one attached hydrogen (secondary N) is 1. The molecule has 1 N–H and O–H groups in total. The van der Waals surface area contributed by atoms with Crippen LogP contribution >= 0.6 is 0 Å². The van der Waals surface area contributed by atoms with Crippen LogP contribution in [0.4, 0.5) is 11.4 Å². The number of hydrogen-bond acceptors (Lipinski definition) is 3. The lowest BCUT2D eigenvalue weighted by atomic mass is 10.1. The molecule has 0 atom stereocenters. The Morgan fingerprint density at radius 3 is 2.24 bits per heavy atom. The summed E-state index contributed by atoms with van der Waals surface area (Å²) >= 11 is 0. The van der Waals surface area contributed by atoms with Crippen molar-refractivity contribution >= 4 is 23.2 Å². The molecule has 2 amide bonds. The molecular formula is C20H33N3O2. The maximum absolute atomic E-state index is 12.6. The number of hydrogen-bond donors (Lipinski definition) is 1. The van der Waals surface area contributed by atoms with E-state index in [9.17, 15) is 9.59 Å². The molecule has 0 unspecified atom stereocenters. The minimum Gasteiger partial charge on any atom is -0.377 e. The van der Waals surface area contributed by atoms with Gasteiger partial charge in [-0.25, -0.2) is 0 Å². The summed E-state index contributed by atoms with van der Waals surface area (Å²) in [7, 11) is 3.97. The Hall–Kier alpha value is -2.04. The summed E-state index contributed by atoms with van der Waals surface area (Å²) in [4.78, 5) is 28.3. The highest BCUT2D eigenvalue weighted by Gasteiger charge is 2.20. The lowest BCUT2D eigenvalue weighted by molar-refractivity contribution is -0.135. The summed E-state index contributed by atoms with van der Waals surface area (Å²) in [5.74, 6) is 0.500. The zero-order valence-corrected chi connectivity index (χ0v) is 16.7. The van der Waals surface area contributed by atoms with E-state index in [0.717, 1.165) is 23.5 Å². The summed E-state index contributed by atoms with van der Waals surface area (Å²) in [6, 6.07) is 5.88. The van der Waals surface area contributed by atoms with Crippen molar-refractivity contribution < 1.29 is 9.59 Å². The number of rotatable bonds is 8. The van der Waals surface area contributed by atoms with Crippen molar-refractivity contribution in [2.75, 3.05) is 30.9 Å². The first-order valence-corrected chi connectivity index (χ1v) is 9.04. The Balaban J connectivity index is 3.17. The molecule has 25 heavy (non-hydrogen) atoms. The van der Waals surface area contributed by atoms with Gasteiger partial charge < -0.3 is 15.1 Å². The van der Waals surface area contributed by atoms with Gasteiger partial charge in [-0.1, -0.05) is 34.6 Å². The summed E-state index contributed by atoms with van der Waals surface area (Å²) in [6.45, 7) is 11.2. The first-order valence-electron chi connectivity index (χ1n) is 9.04. The van der Waals surface area contributed by atoms with Gasteiger partial charge in [-0.2, -0.15) is 0 Å². The zero-order valence-electron chi connectivity index (χ0n) is 16.7. The van der Waals surface area contributed by atoms with Gasteiger partial charge in [-0.3, -0.25) is 9.59 Å². The van der Waals surface area contributed by atoms with E-state index in [-0.39, 0.29) is 17.7 Å². The van der Waals surface area contributed by atoms with Gasteiger partial charge in [0, 0.05) is 50.9 Å². The quantitative estimate of drug-likeness (QED) is 0.779. The number of benzene rings is 1. The van der Waals surface area contributed by atoms with E-state index in [1.165, 1.54) is 0 Å². The van der Waals surface area contributed by atoms with Crippen LogP contribution in [0.15, 0.2) is 18.2 Å². The molecule has 5 heteroatoms. The molecule has 0 saturated heterocycles. The average molecular weight is 348 g/mol. The zero-order chi connectivity index (χ0) is 19.1. The molecule has 5 nitrogen and oxygen atoms in total. The molecule has 1 aromatic rings. The van der Waals surface area contributed by atoms with E-state index in [1.54, 1.807) is 0 Å². The van der Waals surface area contributed by atoms with Crippen LogP contribution in [0.25, 0.3) is 0 Å². The third kappa shape index (κ3) is 6.40. The van der Waals surface area contributed by atoms with Crippen LogP contribution in [0.1, 0.15) is 46.6 Å². The summed E-state index contributed by atoms with van der Waals surface area (Å²) in [5.41, 5.74) is 2.86. The van der Waals surface area contributed by atoms with Crippen molar-refractivity contribution in [2.24, 2.45) is 11.8 Å². The highest BCUT2D eigenvalue weighted by atomic mass is 16.2. The molecule has 0 aliphatic heterocycles. The Bertz CT molecular complexity index is 595. The molecule has 0 bridgehead atoms. The minimum absolute atomic E-state index is 0.0131. The van der Waals surface area contributed by atoms with Gasteiger partial charge in [0.1, 0.15) is 0 Å². The Morgan fingerprint density at radius 2 is 1.76 bits per heavy atom. The van der Waals surface area contributed by atoms with Crippen LogP contribution in [-0.2, 0) is 16.1 Å². The molecular weight excluding hydrogens is 314 g/mol. The number of anilines is 2. The SMILES string of the molecule is CCC(=O)Nc1ccc(N(C)C)c(CN(CC(C)C)C(=O)C(C)C)c1. The smallest absolute Gasteiger partial charge is 0.225 e. The molecule has 0 radical (unpaired) electrons. The van der Waals surface area contributed by atoms with E-state index in [1.807, 2.05) is 62.9 Å². The normalized spacial score (nSPS) is 10.9. The standard InChI is InChI=1S/C20H33N3O2/c1-8-19(24)21-17-9-10-18(22(6)7)16(11-17)13-23(12-14(2)3)20(25)15(4)5/h9-11,14-15H,8,12-13H2,1-7H3,(H,21,24). The highest BCUT2D eigenvalue weighted by Crippen LogP contribution is 2.25. The van der Waals surface area contributed by atoms with E-state index in [2.05, 4.69) is 19.2 Å². The largest absolute Gasteiger partial charge is 0.377 e. The van der Waals surface area contributed by atoms with Crippen LogP contribution in [0.5, 0.6) is 0 Å². The Morgan fingerprint density at radius 1 is 1.12 bits per heavy atom. The fraction of sp³-hybridized carbons (Fsp3) is 0.600. The topological polar surface area (TPSA) is 52.7 Å². The number of nitrogens with zero attached hydrogens (tertiary/aromatic N) is 2. The molecule has 0 aliphatic rings. The van der Waals surface area contributed by atoms with Gasteiger partial charge in [-0.05, 0) is 29.7 Å². The van der Waals surface area contributed by atoms with Crippen molar-refractivity contribution in [3.63, 3.8) is 0 Å². The molecule has 0 heterocycles. The van der Waals surface area contributed by atoms with Crippen LogP contribution < -0.4 is 10.2 Å². The summed E-state index contributed by atoms with van der Waals surface area (Å²) in [6.07, 6.45) is 0.441.